The maximum atomic E-state index is 2.29. The van der Waals surface area contributed by atoms with Crippen LogP contribution in [-0.4, -0.2) is 0 Å². The molecule has 0 heterocycles. The number of hydrogen-bond acceptors (Lipinski definition) is 0. The van der Waals surface area contributed by atoms with Gasteiger partial charge in [-0.1, -0.05) is 78.9 Å². The van der Waals surface area contributed by atoms with Crippen molar-refractivity contribution in [2.45, 2.75) is 0 Å². The zero-order valence-electron chi connectivity index (χ0n) is 12.7. The van der Waals surface area contributed by atoms with E-state index in [4.69, 9.17) is 0 Å². The molecule has 0 N–H and O–H groups in total. The molecule has 1 radical (unpaired) electrons. The van der Waals surface area contributed by atoms with E-state index < -0.39 is 0 Å². The molecule has 0 fully saturated rings. The first-order valence-corrected chi connectivity index (χ1v) is 7.97. The molecular formula is C23H15. The molecule has 0 atom stereocenters. The number of benzene rings is 4. The molecule has 107 valence electrons. The van der Waals surface area contributed by atoms with Crippen LogP contribution in [0.2, 0.25) is 0 Å². The number of fused-ring (bicyclic) bond motifs is 3. The molecule has 1 aliphatic carbocycles. The van der Waals surface area contributed by atoms with Gasteiger partial charge >= 0.3 is 0 Å². The summed E-state index contributed by atoms with van der Waals surface area (Å²) in [4.78, 5) is 0. The van der Waals surface area contributed by atoms with Crippen molar-refractivity contribution in [1.29, 1.82) is 0 Å². The second-order valence-electron chi connectivity index (χ2n) is 6.03. The topological polar surface area (TPSA) is 0 Å². The average molecular weight is 291 g/mol. The van der Waals surface area contributed by atoms with Crippen LogP contribution in [0.25, 0.3) is 27.1 Å². The third kappa shape index (κ3) is 1.85. The molecule has 0 bridgehead atoms. The predicted molar refractivity (Wildman–Crippen MR) is 98.4 cm³/mol. The molecule has 0 unspecified atom stereocenters. The van der Waals surface area contributed by atoms with Gasteiger partial charge in [-0.05, 0) is 49.9 Å². The highest BCUT2D eigenvalue weighted by Crippen LogP contribution is 2.40. The first kappa shape index (κ1) is 12.7. The van der Waals surface area contributed by atoms with E-state index in [-0.39, 0.29) is 0 Å². The van der Waals surface area contributed by atoms with Gasteiger partial charge in [-0.15, -0.1) is 0 Å². The standard InChI is InChI=1S/C23H15/c1-4-10-19-16(7-1)13-14-22(19)23-20-11-5-2-8-17(20)15-18-9-3-6-12-21(18)23/h1-15H. The van der Waals surface area contributed by atoms with Gasteiger partial charge in [-0.3, -0.25) is 0 Å². The zero-order valence-corrected chi connectivity index (χ0v) is 12.7. The van der Waals surface area contributed by atoms with Crippen LogP contribution in [0, 0.1) is 6.42 Å². The predicted octanol–water partition coefficient (Wildman–Crippen LogP) is 5.99. The van der Waals surface area contributed by atoms with Crippen LogP contribution in [0.4, 0.5) is 0 Å². The van der Waals surface area contributed by atoms with Crippen LogP contribution in [0.15, 0.2) is 84.9 Å². The van der Waals surface area contributed by atoms with E-state index in [0.717, 1.165) is 0 Å². The molecule has 0 aromatic heterocycles. The van der Waals surface area contributed by atoms with Crippen molar-refractivity contribution < 1.29 is 0 Å². The van der Waals surface area contributed by atoms with Gasteiger partial charge in [0.05, 0.1) is 0 Å². The van der Waals surface area contributed by atoms with E-state index in [1.165, 1.54) is 43.8 Å². The lowest BCUT2D eigenvalue weighted by atomic mass is 9.89. The maximum Gasteiger partial charge on any atom is 0.0138 e. The van der Waals surface area contributed by atoms with Gasteiger partial charge < -0.3 is 0 Å². The summed E-state index contributed by atoms with van der Waals surface area (Å²) in [6.07, 6.45) is 4.49. The smallest absolute Gasteiger partial charge is 0.0138 e. The molecule has 0 spiro atoms. The SMILES string of the molecule is [CH]1C=C(c2c3ccccc3cc3ccccc23)c2ccccc21. The Kier molecular flexibility index (Phi) is 2.65. The van der Waals surface area contributed by atoms with Gasteiger partial charge in [0, 0.05) is 6.42 Å². The Hall–Kier alpha value is -2.86. The molecule has 0 aliphatic heterocycles. The largest absolute Gasteiger partial charge is 0.0675 e. The number of hydrogen-bond donors (Lipinski definition) is 0. The first-order chi connectivity index (χ1) is 11.4. The van der Waals surface area contributed by atoms with E-state index in [9.17, 15) is 0 Å². The van der Waals surface area contributed by atoms with Crippen molar-refractivity contribution >= 4 is 27.1 Å². The minimum absolute atomic E-state index is 1.30. The van der Waals surface area contributed by atoms with Gasteiger partial charge in [0.25, 0.3) is 0 Å². The van der Waals surface area contributed by atoms with Crippen molar-refractivity contribution in [2.75, 3.05) is 0 Å². The fraction of sp³-hybridized carbons (Fsp3) is 0. The summed E-state index contributed by atoms with van der Waals surface area (Å²) in [5.41, 5.74) is 5.31. The zero-order chi connectivity index (χ0) is 15.2. The summed E-state index contributed by atoms with van der Waals surface area (Å²) in [6.45, 7) is 0. The van der Waals surface area contributed by atoms with Gasteiger partial charge in [0.2, 0.25) is 0 Å². The van der Waals surface area contributed by atoms with E-state index in [2.05, 4.69) is 91.4 Å². The number of allylic oxidation sites excluding steroid dienone is 1. The van der Waals surface area contributed by atoms with Crippen LogP contribution >= 0.6 is 0 Å². The van der Waals surface area contributed by atoms with Gasteiger partial charge in [0.1, 0.15) is 0 Å². The highest BCUT2D eigenvalue weighted by molar-refractivity contribution is 6.12. The van der Waals surface area contributed by atoms with Crippen molar-refractivity contribution in [2.24, 2.45) is 0 Å². The lowest BCUT2D eigenvalue weighted by molar-refractivity contribution is 1.53. The Morgan fingerprint density at radius 2 is 1.17 bits per heavy atom. The third-order valence-corrected chi connectivity index (χ3v) is 4.72. The second-order valence-corrected chi connectivity index (χ2v) is 6.03. The Morgan fingerprint density at radius 1 is 0.565 bits per heavy atom. The van der Waals surface area contributed by atoms with E-state index in [1.54, 1.807) is 0 Å². The average Bonchev–Trinajstić information content (AvgIpc) is 3.03. The van der Waals surface area contributed by atoms with Crippen LogP contribution < -0.4 is 0 Å². The summed E-state index contributed by atoms with van der Waals surface area (Å²) in [6, 6.07) is 28.3. The third-order valence-electron chi connectivity index (χ3n) is 4.72. The first-order valence-electron chi connectivity index (χ1n) is 7.97. The molecular weight excluding hydrogens is 276 g/mol. The minimum Gasteiger partial charge on any atom is -0.0675 e. The van der Waals surface area contributed by atoms with E-state index >= 15 is 0 Å². The van der Waals surface area contributed by atoms with Crippen molar-refractivity contribution in [1.82, 2.24) is 0 Å². The maximum absolute atomic E-state index is 2.29. The lowest BCUT2D eigenvalue weighted by Crippen LogP contribution is -1.91. The summed E-state index contributed by atoms with van der Waals surface area (Å²) in [5.74, 6) is 0. The molecule has 4 aromatic carbocycles. The van der Waals surface area contributed by atoms with Crippen LogP contribution in [-0.2, 0) is 0 Å². The van der Waals surface area contributed by atoms with Crippen LogP contribution in [0.5, 0.6) is 0 Å². The summed E-state index contributed by atoms with van der Waals surface area (Å²) in [7, 11) is 0. The Labute approximate surface area is 135 Å². The van der Waals surface area contributed by atoms with Crippen molar-refractivity contribution in [3.05, 3.63) is 108 Å². The van der Waals surface area contributed by atoms with Crippen LogP contribution in [0.3, 0.4) is 0 Å². The molecule has 1 aliphatic rings. The van der Waals surface area contributed by atoms with Gasteiger partial charge in [-0.25, -0.2) is 0 Å². The fourth-order valence-electron chi connectivity index (χ4n) is 3.67. The van der Waals surface area contributed by atoms with Gasteiger partial charge in [0.15, 0.2) is 0 Å². The highest BCUT2D eigenvalue weighted by atomic mass is 14.2. The molecule has 0 heteroatoms. The molecule has 5 rings (SSSR count). The van der Waals surface area contributed by atoms with Crippen molar-refractivity contribution in [3.8, 4) is 0 Å². The van der Waals surface area contributed by atoms with Gasteiger partial charge in [-0.2, -0.15) is 0 Å². The van der Waals surface area contributed by atoms with Crippen LogP contribution in [0.1, 0.15) is 16.7 Å². The molecule has 0 saturated carbocycles. The fourth-order valence-corrected chi connectivity index (χ4v) is 3.67. The van der Waals surface area contributed by atoms with E-state index in [0.29, 0.717) is 0 Å². The molecule has 23 heavy (non-hydrogen) atoms. The summed E-state index contributed by atoms with van der Waals surface area (Å²) >= 11 is 0. The Morgan fingerprint density at radius 3 is 1.91 bits per heavy atom. The second kappa shape index (κ2) is 4.82. The highest BCUT2D eigenvalue weighted by Gasteiger charge is 2.19. The Balaban J connectivity index is 1.93. The monoisotopic (exact) mass is 291 g/mol. The molecule has 0 nitrogen and oxygen atoms in total. The number of rotatable bonds is 1. The Bertz CT molecular complexity index is 1030. The lowest BCUT2D eigenvalue weighted by Gasteiger charge is -2.14. The quantitative estimate of drug-likeness (QED) is 0.378. The van der Waals surface area contributed by atoms with E-state index in [1.807, 2.05) is 0 Å². The van der Waals surface area contributed by atoms with Crippen molar-refractivity contribution in [3.63, 3.8) is 0 Å². The molecule has 0 amide bonds. The normalized spacial score (nSPS) is 13.3. The summed E-state index contributed by atoms with van der Waals surface area (Å²) < 4.78 is 0. The minimum atomic E-state index is 1.30. The molecule has 0 saturated heterocycles. The summed E-state index contributed by atoms with van der Waals surface area (Å²) in [5, 5.41) is 5.24. The molecule has 4 aromatic rings.